The summed E-state index contributed by atoms with van der Waals surface area (Å²) in [4.78, 5) is 12.7. The summed E-state index contributed by atoms with van der Waals surface area (Å²) in [6.45, 7) is 2.64. The molecule has 0 aliphatic rings. The Morgan fingerprint density at radius 2 is 1.66 bits per heavy atom. The lowest BCUT2D eigenvalue weighted by molar-refractivity contribution is -0.118. The van der Waals surface area contributed by atoms with Crippen molar-refractivity contribution in [1.29, 1.82) is 0 Å². The van der Waals surface area contributed by atoms with E-state index in [0.29, 0.717) is 16.7 Å². The van der Waals surface area contributed by atoms with E-state index < -0.39 is 0 Å². The number of aromatic nitrogens is 3. The maximum absolute atomic E-state index is 12.7. The third-order valence-corrected chi connectivity index (χ3v) is 6.57. The standard InChI is InChI=1S/C25H23ClN4OS/c1-25(19-9-4-2-5-10-19,20-11-6-3-7-12-20)17-27-23(31)16-32-24-29-28-18-30(24)22-14-8-13-21(26)15-22/h2-15,18H,16-17H2,1H3,(H,27,31). The lowest BCUT2D eigenvalue weighted by Gasteiger charge is -2.31. The van der Waals surface area contributed by atoms with Crippen molar-refractivity contribution < 1.29 is 4.79 Å². The summed E-state index contributed by atoms with van der Waals surface area (Å²) in [6, 6.07) is 27.9. The highest BCUT2D eigenvalue weighted by molar-refractivity contribution is 7.99. The van der Waals surface area contributed by atoms with Crippen molar-refractivity contribution in [3.05, 3.63) is 107 Å². The first-order valence-corrected chi connectivity index (χ1v) is 11.6. The fraction of sp³-hybridized carbons (Fsp3) is 0.160. The fourth-order valence-corrected chi connectivity index (χ4v) is 4.51. The van der Waals surface area contributed by atoms with Crippen molar-refractivity contribution in [3.63, 3.8) is 0 Å². The summed E-state index contributed by atoms with van der Waals surface area (Å²) >= 11 is 7.44. The number of rotatable bonds is 8. The maximum Gasteiger partial charge on any atom is 0.230 e. The van der Waals surface area contributed by atoms with Crippen LogP contribution in [0.4, 0.5) is 0 Å². The molecule has 1 amide bonds. The van der Waals surface area contributed by atoms with Gasteiger partial charge in [-0.3, -0.25) is 9.36 Å². The van der Waals surface area contributed by atoms with Crippen molar-refractivity contribution >= 4 is 29.3 Å². The normalized spacial score (nSPS) is 11.3. The van der Waals surface area contributed by atoms with Gasteiger partial charge in [0.15, 0.2) is 5.16 Å². The van der Waals surface area contributed by atoms with E-state index in [1.165, 1.54) is 11.8 Å². The van der Waals surface area contributed by atoms with Gasteiger partial charge in [0.2, 0.25) is 5.91 Å². The molecule has 0 unspecified atom stereocenters. The van der Waals surface area contributed by atoms with Crippen LogP contribution in [0.5, 0.6) is 0 Å². The molecule has 4 rings (SSSR count). The summed E-state index contributed by atoms with van der Waals surface area (Å²) in [5, 5.41) is 12.5. The molecule has 3 aromatic carbocycles. The lowest BCUT2D eigenvalue weighted by atomic mass is 9.76. The third-order valence-electron chi connectivity index (χ3n) is 5.40. The van der Waals surface area contributed by atoms with E-state index in [4.69, 9.17) is 11.6 Å². The van der Waals surface area contributed by atoms with Crippen molar-refractivity contribution in [2.24, 2.45) is 0 Å². The van der Waals surface area contributed by atoms with Crippen LogP contribution in [0.15, 0.2) is 96.4 Å². The van der Waals surface area contributed by atoms with E-state index in [9.17, 15) is 4.79 Å². The molecule has 32 heavy (non-hydrogen) atoms. The number of nitrogens with one attached hydrogen (secondary N) is 1. The van der Waals surface area contributed by atoms with Crippen LogP contribution in [0.25, 0.3) is 5.69 Å². The van der Waals surface area contributed by atoms with E-state index in [-0.39, 0.29) is 17.1 Å². The molecular weight excluding hydrogens is 440 g/mol. The molecule has 0 bridgehead atoms. The summed E-state index contributed by atoms with van der Waals surface area (Å²) in [6.07, 6.45) is 1.62. The van der Waals surface area contributed by atoms with Crippen LogP contribution in [0.2, 0.25) is 5.02 Å². The number of hydrogen-bond donors (Lipinski definition) is 1. The molecule has 0 saturated carbocycles. The SMILES string of the molecule is CC(CNC(=O)CSc1nncn1-c1cccc(Cl)c1)(c1ccccc1)c1ccccc1. The first-order valence-electron chi connectivity index (χ1n) is 10.2. The van der Waals surface area contributed by atoms with Crippen LogP contribution >= 0.6 is 23.4 Å². The Kier molecular flexibility index (Phi) is 6.93. The van der Waals surface area contributed by atoms with Gasteiger partial charge < -0.3 is 5.32 Å². The maximum atomic E-state index is 12.7. The fourth-order valence-electron chi connectivity index (χ4n) is 3.57. The van der Waals surface area contributed by atoms with Gasteiger partial charge in [-0.1, -0.05) is 90.1 Å². The van der Waals surface area contributed by atoms with Gasteiger partial charge in [-0.2, -0.15) is 0 Å². The minimum atomic E-state index is -0.344. The van der Waals surface area contributed by atoms with Crippen LogP contribution in [0, 0.1) is 0 Å². The highest BCUT2D eigenvalue weighted by Gasteiger charge is 2.29. The second kappa shape index (κ2) is 10.0. The zero-order valence-electron chi connectivity index (χ0n) is 17.6. The van der Waals surface area contributed by atoms with Crippen molar-refractivity contribution in [2.75, 3.05) is 12.3 Å². The molecular formula is C25H23ClN4OS. The summed E-state index contributed by atoms with van der Waals surface area (Å²) in [7, 11) is 0. The third kappa shape index (κ3) is 5.03. The molecule has 0 atom stereocenters. The summed E-state index contributed by atoms with van der Waals surface area (Å²) in [5.74, 6) is 0.174. The van der Waals surface area contributed by atoms with Crippen LogP contribution in [0.1, 0.15) is 18.1 Å². The highest BCUT2D eigenvalue weighted by Crippen LogP contribution is 2.31. The predicted molar refractivity (Wildman–Crippen MR) is 129 cm³/mol. The van der Waals surface area contributed by atoms with E-state index in [1.807, 2.05) is 65.2 Å². The Morgan fingerprint density at radius 3 is 2.28 bits per heavy atom. The Morgan fingerprint density at radius 1 is 1.00 bits per heavy atom. The molecule has 5 nitrogen and oxygen atoms in total. The summed E-state index contributed by atoms with van der Waals surface area (Å²) in [5.41, 5.74) is 2.81. The topological polar surface area (TPSA) is 59.8 Å². The van der Waals surface area contributed by atoms with Gasteiger partial charge in [0.05, 0.1) is 11.4 Å². The number of carbonyl (C=O) groups excluding carboxylic acids is 1. The Labute approximate surface area is 196 Å². The molecule has 1 aromatic heterocycles. The molecule has 0 fully saturated rings. The monoisotopic (exact) mass is 462 g/mol. The first-order chi connectivity index (χ1) is 15.6. The van der Waals surface area contributed by atoms with E-state index in [0.717, 1.165) is 16.8 Å². The molecule has 0 radical (unpaired) electrons. The van der Waals surface area contributed by atoms with Crippen LogP contribution in [-0.4, -0.2) is 33.0 Å². The second-order valence-corrected chi connectivity index (χ2v) is 8.97. The summed E-state index contributed by atoms with van der Waals surface area (Å²) < 4.78 is 1.82. The molecule has 0 saturated heterocycles. The zero-order valence-corrected chi connectivity index (χ0v) is 19.2. The molecule has 1 heterocycles. The van der Waals surface area contributed by atoms with E-state index in [2.05, 4.69) is 46.7 Å². The van der Waals surface area contributed by atoms with Gasteiger partial charge in [-0.15, -0.1) is 10.2 Å². The van der Waals surface area contributed by atoms with E-state index >= 15 is 0 Å². The van der Waals surface area contributed by atoms with Crippen LogP contribution in [-0.2, 0) is 10.2 Å². The van der Waals surface area contributed by atoms with Gasteiger partial charge >= 0.3 is 0 Å². The van der Waals surface area contributed by atoms with Crippen LogP contribution < -0.4 is 5.32 Å². The number of carbonyl (C=O) groups is 1. The van der Waals surface area contributed by atoms with Gasteiger partial charge in [-0.25, -0.2) is 0 Å². The molecule has 0 aliphatic heterocycles. The number of hydrogen-bond acceptors (Lipinski definition) is 4. The van der Waals surface area contributed by atoms with Gasteiger partial charge in [0.1, 0.15) is 6.33 Å². The number of amides is 1. The number of nitrogens with zero attached hydrogens (tertiary/aromatic N) is 3. The number of benzene rings is 3. The Balaban J connectivity index is 1.44. The van der Waals surface area contributed by atoms with Gasteiger partial charge in [0.25, 0.3) is 0 Å². The molecule has 4 aromatic rings. The van der Waals surface area contributed by atoms with Gasteiger partial charge in [0, 0.05) is 17.0 Å². The lowest BCUT2D eigenvalue weighted by Crippen LogP contribution is -2.40. The zero-order chi connectivity index (χ0) is 22.4. The molecule has 7 heteroatoms. The quantitative estimate of drug-likeness (QED) is 0.368. The smallest absolute Gasteiger partial charge is 0.230 e. The highest BCUT2D eigenvalue weighted by atomic mass is 35.5. The minimum Gasteiger partial charge on any atom is -0.354 e. The number of thioether (sulfide) groups is 1. The Hall–Kier alpha value is -3.09. The predicted octanol–water partition coefficient (Wildman–Crippen LogP) is 5.14. The van der Waals surface area contributed by atoms with Crippen LogP contribution in [0.3, 0.4) is 0 Å². The first kappa shape index (κ1) is 22.1. The average Bonchev–Trinajstić information content (AvgIpc) is 3.31. The Bertz CT molecular complexity index is 1140. The minimum absolute atomic E-state index is 0.0614. The average molecular weight is 463 g/mol. The molecule has 0 spiro atoms. The largest absolute Gasteiger partial charge is 0.354 e. The molecule has 0 aliphatic carbocycles. The van der Waals surface area contributed by atoms with Crippen molar-refractivity contribution in [1.82, 2.24) is 20.1 Å². The number of halogens is 1. The van der Waals surface area contributed by atoms with Gasteiger partial charge in [-0.05, 0) is 36.2 Å². The molecule has 1 N–H and O–H groups in total. The second-order valence-electron chi connectivity index (χ2n) is 7.59. The van der Waals surface area contributed by atoms with E-state index in [1.54, 1.807) is 6.33 Å². The molecule has 162 valence electrons. The van der Waals surface area contributed by atoms with Crippen molar-refractivity contribution in [2.45, 2.75) is 17.5 Å². The van der Waals surface area contributed by atoms with Crippen molar-refractivity contribution in [3.8, 4) is 5.69 Å².